The maximum Gasteiger partial charge on any atom is 0.319 e. The molecule has 2 aromatic carbocycles. The van der Waals surface area contributed by atoms with Crippen LogP contribution in [0.2, 0.25) is 15.1 Å². The topological polar surface area (TPSA) is 70.2 Å². The fourth-order valence-electron chi connectivity index (χ4n) is 2.29. The average molecular weight is 415 g/mol. The predicted octanol–water partition coefficient (Wildman–Crippen LogP) is 5.66. The Morgan fingerprint density at radius 3 is 2.15 bits per heavy atom. The third-order valence-electron chi connectivity index (χ3n) is 3.60. The number of carbonyl (C=O) groups is 2. The van der Waals surface area contributed by atoms with Crippen LogP contribution in [0.15, 0.2) is 36.4 Å². The number of amides is 3. The highest BCUT2D eigenvalue weighted by Gasteiger charge is 2.24. The average Bonchev–Trinajstić information content (AvgIpc) is 2.51. The van der Waals surface area contributed by atoms with Crippen LogP contribution in [0.1, 0.15) is 26.3 Å². The number of hydrogen-bond donors (Lipinski definition) is 3. The molecule has 0 aliphatic rings. The van der Waals surface area contributed by atoms with Crippen LogP contribution in [0.3, 0.4) is 0 Å². The first-order chi connectivity index (χ1) is 12.1. The van der Waals surface area contributed by atoms with Gasteiger partial charge in [-0.2, -0.15) is 0 Å². The number of anilines is 2. The van der Waals surface area contributed by atoms with Crippen LogP contribution in [0.5, 0.6) is 0 Å². The van der Waals surface area contributed by atoms with E-state index in [1.54, 1.807) is 36.4 Å². The molecular weight excluding hydrogens is 397 g/mol. The number of urea groups is 1. The molecule has 0 radical (unpaired) electrons. The zero-order valence-electron chi connectivity index (χ0n) is 14.4. The summed E-state index contributed by atoms with van der Waals surface area (Å²) >= 11 is 18.1. The summed E-state index contributed by atoms with van der Waals surface area (Å²) in [5, 5.41) is 9.33. The first-order valence-electron chi connectivity index (χ1n) is 7.70. The van der Waals surface area contributed by atoms with Crippen molar-refractivity contribution in [3.05, 3.63) is 57.0 Å². The van der Waals surface area contributed by atoms with E-state index in [1.165, 1.54) is 6.92 Å². The summed E-state index contributed by atoms with van der Waals surface area (Å²) in [7, 11) is 0. The van der Waals surface area contributed by atoms with Crippen LogP contribution in [0, 0.1) is 0 Å². The molecule has 0 saturated heterocycles. The maximum absolute atomic E-state index is 12.4. The van der Waals surface area contributed by atoms with Crippen molar-refractivity contribution in [2.24, 2.45) is 0 Å². The van der Waals surface area contributed by atoms with E-state index in [0.29, 0.717) is 26.4 Å². The van der Waals surface area contributed by atoms with E-state index in [-0.39, 0.29) is 5.91 Å². The molecule has 0 heterocycles. The number of hydrogen-bond acceptors (Lipinski definition) is 2. The lowest BCUT2D eigenvalue weighted by atomic mass is 9.94. The summed E-state index contributed by atoms with van der Waals surface area (Å²) in [5.74, 6) is -0.206. The van der Waals surface area contributed by atoms with Crippen LogP contribution in [-0.2, 0) is 10.3 Å². The summed E-state index contributed by atoms with van der Waals surface area (Å²) in [6, 6.07) is 9.56. The minimum absolute atomic E-state index is 0.206. The van der Waals surface area contributed by atoms with Gasteiger partial charge in [-0.1, -0.05) is 40.9 Å². The zero-order valence-corrected chi connectivity index (χ0v) is 16.7. The molecule has 26 heavy (non-hydrogen) atoms. The van der Waals surface area contributed by atoms with E-state index in [1.807, 2.05) is 13.8 Å². The van der Waals surface area contributed by atoms with Crippen LogP contribution in [0.25, 0.3) is 0 Å². The molecule has 0 fully saturated rings. The van der Waals surface area contributed by atoms with Crippen molar-refractivity contribution in [2.45, 2.75) is 26.3 Å². The van der Waals surface area contributed by atoms with Gasteiger partial charge in [-0.3, -0.25) is 4.79 Å². The van der Waals surface area contributed by atoms with Gasteiger partial charge in [0.05, 0.1) is 26.3 Å². The van der Waals surface area contributed by atoms with Gasteiger partial charge in [0.1, 0.15) is 0 Å². The van der Waals surface area contributed by atoms with E-state index < -0.39 is 11.6 Å². The molecule has 2 aromatic rings. The normalized spacial score (nSPS) is 11.0. The molecule has 5 nitrogen and oxygen atoms in total. The molecular formula is C18H18Cl3N3O2. The second kappa shape index (κ2) is 8.16. The van der Waals surface area contributed by atoms with E-state index in [0.717, 1.165) is 5.56 Å². The lowest BCUT2D eigenvalue weighted by Gasteiger charge is -2.27. The SMILES string of the molecule is CC(=O)Nc1ccc(NC(=O)NC(C)(C)c2ccc(Cl)c(Cl)c2)c(Cl)c1. The van der Waals surface area contributed by atoms with Crippen LogP contribution in [0.4, 0.5) is 16.2 Å². The molecule has 0 atom stereocenters. The number of carbonyl (C=O) groups excluding carboxylic acids is 2. The molecule has 3 N–H and O–H groups in total. The molecule has 8 heteroatoms. The first kappa shape index (κ1) is 20.4. The monoisotopic (exact) mass is 413 g/mol. The van der Waals surface area contributed by atoms with Gasteiger partial charge in [-0.05, 0) is 49.7 Å². The van der Waals surface area contributed by atoms with Crippen molar-refractivity contribution < 1.29 is 9.59 Å². The van der Waals surface area contributed by atoms with Crippen LogP contribution in [-0.4, -0.2) is 11.9 Å². The molecule has 0 aliphatic carbocycles. The number of benzene rings is 2. The number of rotatable bonds is 4. The Kier molecular flexibility index (Phi) is 6.39. The number of nitrogens with one attached hydrogen (secondary N) is 3. The zero-order chi connectivity index (χ0) is 19.5. The molecule has 0 unspecified atom stereocenters. The Morgan fingerprint density at radius 2 is 1.58 bits per heavy atom. The predicted molar refractivity (Wildman–Crippen MR) is 107 cm³/mol. The van der Waals surface area contributed by atoms with Crippen molar-refractivity contribution in [3.63, 3.8) is 0 Å². The van der Waals surface area contributed by atoms with Crippen molar-refractivity contribution in [3.8, 4) is 0 Å². The van der Waals surface area contributed by atoms with Gasteiger partial charge in [0.25, 0.3) is 0 Å². The Morgan fingerprint density at radius 1 is 0.885 bits per heavy atom. The smallest absolute Gasteiger partial charge is 0.319 e. The van der Waals surface area contributed by atoms with E-state index in [2.05, 4.69) is 16.0 Å². The van der Waals surface area contributed by atoms with Gasteiger partial charge in [-0.25, -0.2) is 4.79 Å². The third-order valence-corrected chi connectivity index (χ3v) is 4.66. The Labute approximate surface area is 167 Å². The van der Waals surface area contributed by atoms with E-state index >= 15 is 0 Å². The van der Waals surface area contributed by atoms with Crippen LogP contribution < -0.4 is 16.0 Å². The van der Waals surface area contributed by atoms with Crippen molar-refractivity contribution in [1.82, 2.24) is 5.32 Å². The molecule has 0 spiro atoms. The fourth-order valence-corrected chi connectivity index (χ4v) is 2.82. The summed E-state index contributed by atoms with van der Waals surface area (Å²) in [5.41, 5.74) is 1.07. The fraction of sp³-hybridized carbons (Fsp3) is 0.222. The molecule has 3 amide bonds. The minimum atomic E-state index is -0.694. The third kappa shape index (κ3) is 5.27. The largest absolute Gasteiger partial charge is 0.329 e. The van der Waals surface area contributed by atoms with Gasteiger partial charge in [0.15, 0.2) is 0 Å². The quantitative estimate of drug-likeness (QED) is 0.604. The summed E-state index contributed by atoms with van der Waals surface area (Å²) < 4.78 is 0. The molecule has 0 aliphatic heterocycles. The van der Waals surface area contributed by atoms with Crippen molar-refractivity contribution in [1.29, 1.82) is 0 Å². The van der Waals surface area contributed by atoms with Gasteiger partial charge in [0, 0.05) is 12.6 Å². The second-order valence-corrected chi connectivity index (χ2v) is 7.43. The van der Waals surface area contributed by atoms with Crippen molar-refractivity contribution >= 4 is 58.1 Å². The summed E-state index contributed by atoms with van der Waals surface area (Å²) in [6.07, 6.45) is 0. The Balaban J connectivity index is 2.10. The lowest BCUT2D eigenvalue weighted by Crippen LogP contribution is -2.43. The molecule has 138 valence electrons. The van der Waals surface area contributed by atoms with E-state index in [4.69, 9.17) is 34.8 Å². The summed E-state index contributed by atoms with van der Waals surface area (Å²) in [6.45, 7) is 5.08. The Hall–Kier alpha value is -1.95. The summed E-state index contributed by atoms with van der Waals surface area (Å²) in [4.78, 5) is 23.4. The molecule has 0 saturated carbocycles. The van der Waals surface area contributed by atoms with Gasteiger partial charge in [-0.15, -0.1) is 0 Å². The molecule has 0 aromatic heterocycles. The minimum Gasteiger partial charge on any atom is -0.329 e. The maximum atomic E-state index is 12.4. The highest BCUT2D eigenvalue weighted by Crippen LogP contribution is 2.29. The highest BCUT2D eigenvalue weighted by atomic mass is 35.5. The van der Waals surface area contributed by atoms with Gasteiger partial charge >= 0.3 is 6.03 Å². The van der Waals surface area contributed by atoms with Gasteiger partial charge < -0.3 is 16.0 Å². The second-order valence-electron chi connectivity index (χ2n) is 6.21. The van der Waals surface area contributed by atoms with Crippen molar-refractivity contribution in [2.75, 3.05) is 10.6 Å². The highest BCUT2D eigenvalue weighted by molar-refractivity contribution is 6.42. The Bertz CT molecular complexity index is 854. The van der Waals surface area contributed by atoms with Crippen LogP contribution >= 0.6 is 34.8 Å². The number of halogens is 3. The lowest BCUT2D eigenvalue weighted by molar-refractivity contribution is -0.114. The standard InChI is InChI=1S/C18H18Cl3N3O2/c1-10(25)22-12-5-7-16(15(21)9-12)23-17(26)24-18(2,3)11-4-6-13(19)14(20)8-11/h4-9H,1-3H3,(H,22,25)(H2,23,24,26). The first-order valence-corrected chi connectivity index (χ1v) is 8.84. The van der Waals surface area contributed by atoms with E-state index in [9.17, 15) is 9.59 Å². The molecule has 0 bridgehead atoms. The van der Waals surface area contributed by atoms with Gasteiger partial charge in [0.2, 0.25) is 5.91 Å². The molecule has 2 rings (SSSR count).